The van der Waals surface area contributed by atoms with E-state index in [0.29, 0.717) is 0 Å². The number of carbonyl (C=O) groups is 2. The van der Waals surface area contributed by atoms with Gasteiger partial charge in [0.05, 0.1) is 18.5 Å². The van der Waals surface area contributed by atoms with Gasteiger partial charge in [-0.25, -0.2) is 0 Å². The van der Waals surface area contributed by atoms with Gasteiger partial charge in [-0.05, 0) is 0 Å². The summed E-state index contributed by atoms with van der Waals surface area (Å²) >= 11 is 0. The highest BCUT2D eigenvalue weighted by molar-refractivity contribution is 7.54. The van der Waals surface area contributed by atoms with Crippen LogP contribution in [0.25, 0.3) is 0 Å². The number of aliphatic hydroxyl groups excluding tert-OH is 3. The molecule has 0 aromatic heterocycles. The Bertz CT molecular complexity index is 490. The van der Waals surface area contributed by atoms with E-state index in [4.69, 9.17) is 40.0 Å². The number of carboxylic acids is 2. The van der Waals surface area contributed by atoms with Gasteiger partial charge in [-0.2, -0.15) is 0 Å². The van der Waals surface area contributed by atoms with E-state index in [1.54, 1.807) is 0 Å². The summed E-state index contributed by atoms with van der Waals surface area (Å²) in [6, 6.07) is 0. The predicted molar refractivity (Wildman–Crippen MR) is 58.2 cm³/mol. The van der Waals surface area contributed by atoms with Crippen LogP contribution in [0.2, 0.25) is 0 Å². The fraction of sp³-hybridized carbons (Fsp3) is 0.667. The van der Waals surface area contributed by atoms with Crippen molar-refractivity contribution in [3.05, 3.63) is 0 Å². The maximum Gasteiger partial charge on any atom is 0.365 e. The largest absolute Gasteiger partial charge is 0.547 e. The Morgan fingerprint density at radius 3 is 1.45 bits per heavy atom. The molecular formula is C6H12O14P2-2. The normalized spacial score (nSPS) is 17.5. The van der Waals surface area contributed by atoms with Gasteiger partial charge in [0.25, 0.3) is 0 Å². The van der Waals surface area contributed by atoms with Crippen LogP contribution in [0.4, 0.5) is 0 Å². The molecule has 0 fully saturated rings. The summed E-state index contributed by atoms with van der Waals surface area (Å²) in [6.45, 7) is -1.60. The quantitative estimate of drug-likeness (QED) is 0.202. The first-order valence-corrected chi connectivity index (χ1v) is 8.04. The molecule has 0 spiro atoms. The Hall–Kier alpha value is -0.920. The van der Waals surface area contributed by atoms with Crippen molar-refractivity contribution in [1.29, 1.82) is 0 Å². The molecule has 0 aromatic carbocycles. The number of aliphatic hydroxyl groups is 4. The lowest BCUT2D eigenvalue weighted by molar-refractivity contribution is -0.320. The van der Waals surface area contributed by atoms with E-state index < -0.39 is 51.0 Å². The molecule has 132 valence electrons. The Morgan fingerprint density at radius 2 is 1.41 bits per heavy atom. The minimum atomic E-state index is -5.30. The summed E-state index contributed by atoms with van der Waals surface area (Å²) in [5, 5.41) is 49.5. The molecule has 14 nitrogen and oxygen atoms in total. The van der Waals surface area contributed by atoms with Crippen LogP contribution in [0.15, 0.2) is 0 Å². The first kappa shape index (κ1) is 23.3. The zero-order valence-electron chi connectivity index (χ0n) is 10.3. The highest BCUT2D eigenvalue weighted by atomic mass is 31.2. The molecule has 22 heavy (non-hydrogen) atoms. The molecule has 0 radical (unpaired) electrons. The molecule has 3 atom stereocenters. The lowest BCUT2D eigenvalue weighted by Gasteiger charge is -2.26. The van der Waals surface area contributed by atoms with Crippen LogP contribution in [0.5, 0.6) is 0 Å². The first-order valence-electron chi connectivity index (χ1n) is 4.75. The molecule has 0 bridgehead atoms. The van der Waals surface area contributed by atoms with Gasteiger partial charge >= 0.3 is 15.2 Å². The van der Waals surface area contributed by atoms with E-state index >= 15 is 0 Å². The number of carboxylic acid groups (broad SMARTS) is 2. The molecule has 0 aliphatic rings. The number of aliphatic carboxylic acids is 2. The zero-order valence-corrected chi connectivity index (χ0v) is 12.1. The lowest BCUT2D eigenvalue weighted by Crippen LogP contribution is -2.50. The molecule has 0 aliphatic heterocycles. The highest BCUT2D eigenvalue weighted by Crippen LogP contribution is 2.48. The van der Waals surface area contributed by atoms with E-state index in [-0.39, 0.29) is 0 Å². The van der Waals surface area contributed by atoms with Gasteiger partial charge in [0.2, 0.25) is 5.34 Å². The van der Waals surface area contributed by atoms with Crippen molar-refractivity contribution in [2.24, 2.45) is 0 Å². The average molecular weight is 370 g/mol. The molecule has 0 aliphatic carbocycles. The van der Waals surface area contributed by atoms with Gasteiger partial charge < -0.3 is 59.8 Å². The topological polar surface area (TPSA) is 276 Å². The lowest BCUT2D eigenvalue weighted by atomic mass is 10.4. The van der Waals surface area contributed by atoms with Crippen LogP contribution in [-0.4, -0.2) is 75.8 Å². The first-order chi connectivity index (χ1) is 9.52. The molecule has 0 amide bonds. The fourth-order valence-electron chi connectivity index (χ4n) is 0.581. The third kappa shape index (κ3) is 6.46. The molecule has 3 unspecified atom stereocenters. The van der Waals surface area contributed by atoms with Crippen molar-refractivity contribution in [3.63, 3.8) is 0 Å². The van der Waals surface area contributed by atoms with Crippen LogP contribution in [0, 0.1) is 0 Å². The Balaban J connectivity index is 0. The molecular weight excluding hydrogens is 358 g/mol. The van der Waals surface area contributed by atoms with Gasteiger partial charge in [0, 0.05) is 0 Å². The van der Waals surface area contributed by atoms with Crippen molar-refractivity contribution >= 4 is 27.1 Å². The molecule has 0 rings (SSSR count). The van der Waals surface area contributed by atoms with Crippen molar-refractivity contribution < 1.29 is 68.9 Å². The van der Waals surface area contributed by atoms with E-state index in [9.17, 15) is 28.9 Å². The second-order valence-electron chi connectivity index (χ2n) is 3.57. The van der Waals surface area contributed by atoms with Crippen LogP contribution in [0.3, 0.4) is 0 Å². The number of hydrogen-bond acceptors (Lipinski definition) is 10. The van der Waals surface area contributed by atoms with Crippen molar-refractivity contribution in [2.75, 3.05) is 6.61 Å². The second-order valence-corrected chi connectivity index (χ2v) is 7.11. The third-order valence-electron chi connectivity index (χ3n) is 1.90. The smallest absolute Gasteiger partial charge is 0.365 e. The SMILES string of the molecule is O=C([O-])C(O)(CO)P(=O)(O)O.O=C([O-])C(O)C(O)P(=O)(O)O. The van der Waals surface area contributed by atoms with Gasteiger partial charge in [0.1, 0.15) is 6.10 Å². The molecule has 0 saturated carbocycles. The maximum absolute atomic E-state index is 10.2. The third-order valence-corrected chi connectivity index (χ3v) is 4.16. The van der Waals surface area contributed by atoms with E-state index in [1.807, 2.05) is 0 Å². The Labute approximate surface area is 121 Å². The van der Waals surface area contributed by atoms with Crippen molar-refractivity contribution in [2.45, 2.75) is 17.3 Å². The summed E-state index contributed by atoms with van der Waals surface area (Å²) in [6.07, 6.45) is -2.57. The number of hydrogen-bond donors (Lipinski definition) is 8. The monoisotopic (exact) mass is 370 g/mol. The molecule has 0 aromatic rings. The minimum Gasteiger partial charge on any atom is -0.547 e. The van der Waals surface area contributed by atoms with Crippen LogP contribution < -0.4 is 10.2 Å². The number of carbonyl (C=O) groups excluding carboxylic acids is 2. The van der Waals surface area contributed by atoms with Gasteiger partial charge in [-0.3, -0.25) is 9.13 Å². The predicted octanol–water partition coefficient (Wildman–Crippen LogP) is -6.81. The van der Waals surface area contributed by atoms with Crippen molar-refractivity contribution in [3.8, 4) is 0 Å². The van der Waals surface area contributed by atoms with Crippen molar-refractivity contribution in [1.82, 2.24) is 0 Å². The Kier molecular flexibility index (Phi) is 8.57. The van der Waals surface area contributed by atoms with E-state index in [1.165, 1.54) is 0 Å². The minimum absolute atomic E-state index is 1.60. The summed E-state index contributed by atoms with van der Waals surface area (Å²) < 4.78 is 20.3. The van der Waals surface area contributed by atoms with Crippen LogP contribution in [0.1, 0.15) is 0 Å². The molecule has 0 saturated heterocycles. The number of rotatable bonds is 6. The van der Waals surface area contributed by atoms with Gasteiger partial charge in [-0.15, -0.1) is 0 Å². The second kappa shape index (κ2) is 8.08. The van der Waals surface area contributed by atoms with Gasteiger partial charge in [-0.1, -0.05) is 0 Å². The summed E-state index contributed by atoms with van der Waals surface area (Å²) in [5.41, 5.74) is 0. The molecule has 16 heteroatoms. The van der Waals surface area contributed by atoms with Gasteiger partial charge in [0.15, 0.2) is 5.85 Å². The van der Waals surface area contributed by atoms with Crippen LogP contribution >= 0.6 is 15.2 Å². The fourth-order valence-corrected chi connectivity index (χ4v) is 1.49. The standard InChI is InChI=1S/2C3H7O7P/c4-1-3(7,2(5)6)11(8,9)10;4-1(2(5)6)3(7)11(8,9)10/h4,7H,1H2,(H,5,6)(H2,8,9,10);1,3-4,7H,(H,5,6)(H2,8,9,10)/p-2. The van der Waals surface area contributed by atoms with E-state index in [0.717, 1.165) is 0 Å². The highest BCUT2D eigenvalue weighted by Gasteiger charge is 2.46. The van der Waals surface area contributed by atoms with Crippen LogP contribution in [-0.2, 0) is 18.7 Å². The summed E-state index contributed by atoms with van der Waals surface area (Å²) in [7, 11) is -10.3. The average Bonchev–Trinajstić information content (AvgIpc) is 2.33. The summed E-state index contributed by atoms with van der Waals surface area (Å²) in [4.78, 5) is 52.2. The van der Waals surface area contributed by atoms with E-state index in [2.05, 4.69) is 0 Å². The Morgan fingerprint density at radius 1 is 1.05 bits per heavy atom. The molecule has 0 heterocycles. The zero-order chi connectivity index (χ0) is 18.5. The summed E-state index contributed by atoms with van der Waals surface area (Å²) in [5.74, 6) is -7.18. The maximum atomic E-state index is 10.2. The molecule has 8 N–H and O–H groups in total.